The van der Waals surface area contributed by atoms with Crippen molar-refractivity contribution in [2.75, 3.05) is 7.05 Å². The largest absolute Gasteiger partial charge is 0.391 e. The molecule has 0 saturated carbocycles. The Morgan fingerprint density at radius 3 is 2.83 bits per heavy atom. The number of nitrogens with zero attached hydrogens (tertiary/aromatic N) is 1. The first-order valence-electron chi connectivity index (χ1n) is 5.93. The van der Waals surface area contributed by atoms with Crippen molar-refractivity contribution in [3.8, 4) is 0 Å². The quantitative estimate of drug-likeness (QED) is 0.632. The van der Waals surface area contributed by atoms with Crippen LogP contribution in [0, 0.1) is 0 Å². The molecule has 1 atom stereocenters. The van der Waals surface area contributed by atoms with Crippen LogP contribution >= 0.6 is 11.6 Å². The van der Waals surface area contributed by atoms with Crippen molar-refractivity contribution in [3.63, 3.8) is 0 Å². The summed E-state index contributed by atoms with van der Waals surface area (Å²) in [5.74, 6) is 0. The molecule has 1 aliphatic heterocycles. The molecule has 1 unspecified atom stereocenters. The molecule has 0 spiro atoms. The SMILES string of the molecule is CNC1=C(c2ccccc2)C2=C(C=NC(Cl)N2)C1. The van der Waals surface area contributed by atoms with Crippen LogP contribution in [0.1, 0.15) is 12.0 Å². The summed E-state index contributed by atoms with van der Waals surface area (Å²) < 4.78 is 0. The monoisotopic (exact) mass is 259 g/mol. The van der Waals surface area contributed by atoms with E-state index in [0.29, 0.717) is 0 Å². The number of aliphatic imine (C=N–C) groups is 1. The highest BCUT2D eigenvalue weighted by molar-refractivity contribution is 6.21. The van der Waals surface area contributed by atoms with Gasteiger partial charge in [-0.15, -0.1) is 0 Å². The van der Waals surface area contributed by atoms with E-state index in [4.69, 9.17) is 11.6 Å². The van der Waals surface area contributed by atoms with Crippen molar-refractivity contribution in [2.45, 2.75) is 12.0 Å². The first kappa shape index (κ1) is 11.4. The molecule has 3 nitrogen and oxygen atoms in total. The van der Waals surface area contributed by atoms with E-state index in [2.05, 4.69) is 27.8 Å². The topological polar surface area (TPSA) is 36.4 Å². The minimum Gasteiger partial charge on any atom is -0.391 e. The molecule has 0 saturated heterocycles. The van der Waals surface area contributed by atoms with Crippen LogP contribution in [0.3, 0.4) is 0 Å². The lowest BCUT2D eigenvalue weighted by atomic mass is 10.0. The molecule has 0 amide bonds. The van der Waals surface area contributed by atoms with Crippen LogP contribution in [0.2, 0.25) is 0 Å². The average molecular weight is 260 g/mol. The van der Waals surface area contributed by atoms with E-state index in [1.807, 2.05) is 31.5 Å². The first-order valence-corrected chi connectivity index (χ1v) is 6.37. The van der Waals surface area contributed by atoms with E-state index < -0.39 is 0 Å². The molecule has 18 heavy (non-hydrogen) atoms. The lowest BCUT2D eigenvalue weighted by molar-refractivity contribution is 0.772. The van der Waals surface area contributed by atoms with Crippen molar-refractivity contribution in [1.29, 1.82) is 0 Å². The Morgan fingerprint density at radius 1 is 1.33 bits per heavy atom. The minimum absolute atomic E-state index is 0.376. The smallest absolute Gasteiger partial charge is 0.195 e. The van der Waals surface area contributed by atoms with Crippen LogP contribution in [0.5, 0.6) is 0 Å². The first-order chi connectivity index (χ1) is 8.79. The number of halogens is 1. The molecule has 0 aromatic heterocycles. The Labute approximate surface area is 111 Å². The highest BCUT2D eigenvalue weighted by Gasteiger charge is 2.27. The molecule has 1 aromatic carbocycles. The zero-order valence-corrected chi connectivity index (χ0v) is 10.8. The Kier molecular flexibility index (Phi) is 2.84. The molecule has 1 heterocycles. The number of hydrogen-bond acceptors (Lipinski definition) is 3. The molecule has 0 fully saturated rings. The lowest BCUT2D eigenvalue weighted by Gasteiger charge is -2.19. The standard InChI is InChI=1S/C14H14ClN3/c1-16-11-7-10-8-17-14(15)18-13(10)12(11)9-5-3-2-4-6-9/h2-6,8,14,16,18H,7H2,1H3. The van der Waals surface area contributed by atoms with Gasteiger partial charge >= 0.3 is 0 Å². The van der Waals surface area contributed by atoms with Gasteiger partial charge in [-0.05, 0) is 11.1 Å². The zero-order valence-electron chi connectivity index (χ0n) is 10.1. The molecule has 2 aliphatic rings. The maximum atomic E-state index is 6.04. The van der Waals surface area contributed by atoms with E-state index in [-0.39, 0.29) is 5.62 Å². The predicted molar refractivity (Wildman–Crippen MR) is 75.3 cm³/mol. The van der Waals surface area contributed by atoms with E-state index in [0.717, 1.165) is 12.1 Å². The number of hydrogen-bond donors (Lipinski definition) is 2. The van der Waals surface area contributed by atoms with Gasteiger partial charge in [-0.25, -0.2) is 0 Å². The molecule has 92 valence electrons. The van der Waals surface area contributed by atoms with Crippen LogP contribution in [0.4, 0.5) is 0 Å². The van der Waals surface area contributed by atoms with Crippen LogP contribution in [-0.4, -0.2) is 18.9 Å². The van der Waals surface area contributed by atoms with Crippen LogP contribution in [0.25, 0.3) is 5.57 Å². The van der Waals surface area contributed by atoms with Gasteiger partial charge in [0.1, 0.15) is 0 Å². The molecule has 1 aliphatic carbocycles. The fourth-order valence-electron chi connectivity index (χ4n) is 2.40. The fraction of sp³-hybridized carbons (Fsp3) is 0.214. The number of alkyl halides is 1. The summed E-state index contributed by atoms with van der Waals surface area (Å²) >= 11 is 6.04. The van der Waals surface area contributed by atoms with Gasteiger partial charge in [0, 0.05) is 31.0 Å². The third-order valence-electron chi connectivity index (χ3n) is 3.23. The Balaban J connectivity index is 2.09. The van der Waals surface area contributed by atoms with E-state index in [9.17, 15) is 0 Å². The summed E-state index contributed by atoms with van der Waals surface area (Å²) in [7, 11) is 1.95. The van der Waals surface area contributed by atoms with Gasteiger partial charge in [0.2, 0.25) is 0 Å². The van der Waals surface area contributed by atoms with Gasteiger partial charge in [0.25, 0.3) is 0 Å². The molecule has 1 aromatic rings. The molecule has 2 N–H and O–H groups in total. The summed E-state index contributed by atoms with van der Waals surface area (Å²) in [5.41, 5.74) is 5.51. The molecular weight excluding hydrogens is 246 g/mol. The molecule has 0 radical (unpaired) electrons. The Bertz CT molecular complexity index is 558. The third kappa shape index (κ3) is 1.81. The third-order valence-corrected chi connectivity index (χ3v) is 3.45. The van der Waals surface area contributed by atoms with Crippen molar-refractivity contribution in [1.82, 2.24) is 10.6 Å². The van der Waals surface area contributed by atoms with Crippen molar-refractivity contribution in [3.05, 3.63) is 52.9 Å². The van der Waals surface area contributed by atoms with Gasteiger partial charge in [-0.3, -0.25) is 4.99 Å². The maximum absolute atomic E-state index is 6.04. The van der Waals surface area contributed by atoms with Crippen LogP contribution < -0.4 is 10.6 Å². The van der Waals surface area contributed by atoms with Crippen LogP contribution in [-0.2, 0) is 0 Å². The Morgan fingerprint density at radius 2 is 2.11 bits per heavy atom. The van der Waals surface area contributed by atoms with Crippen molar-refractivity contribution < 1.29 is 0 Å². The minimum atomic E-state index is -0.376. The highest BCUT2D eigenvalue weighted by Crippen LogP contribution is 2.37. The summed E-state index contributed by atoms with van der Waals surface area (Å²) in [4.78, 5) is 4.19. The Hall–Kier alpha value is -1.74. The second-order valence-electron chi connectivity index (χ2n) is 4.30. The van der Waals surface area contributed by atoms with Gasteiger partial charge in [-0.1, -0.05) is 41.9 Å². The van der Waals surface area contributed by atoms with E-state index >= 15 is 0 Å². The predicted octanol–water partition coefficient (Wildman–Crippen LogP) is 2.47. The number of rotatable bonds is 2. The summed E-state index contributed by atoms with van der Waals surface area (Å²) in [6, 6.07) is 10.3. The van der Waals surface area contributed by atoms with Gasteiger partial charge in [0.05, 0.1) is 5.70 Å². The van der Waals surface area contributed by atoms with Gasteiger partial charge < -0.3 is 10.6 Å². The van der Waals surface area contributed by atoms with E-state index in [1.54, 1.807) is 0 Å². The van der Waals surface area contributed by atoms with Gasteiger partial charge in [-0.2, -0.15) is 0 Å². The number of benzene rings is 1. The molecule has 4 heteroatoms. The lowest BCUT2D eigenvalue weighted by Crippen LogP contribution is -2.26. The second-order valence-corrected chi connectivity index (χ2v) is 4.72. The highest BCUT2D eigenvalue weighted by atomic mass is 35.5. The number of nitrogens with one attached hydrogen (secondary N) is 2. The second kappa shape index (κ2) is 4.50. The van der Waals surface area contributed by atoms with Crippen molar-refractivity contribution >= 4 is 23.4 Å². The molecular formula is C14H14ClN3. The summed E-state index contributed by atoms with van der Waals surface area (Å²) in [6.45, 7) is 0. The molecule has 0 bridgehead atoms. The summed E-state index contributed by atoms with van der Waals surface area (Å²) in [5, 5.41) is 6.52. The van der Waals surface area contributed by atoms with E-state index in [1.165, 1.54) is 22.4 Å². The zero-order chi connectivity index (χ0) is 12.5. The normalized spacial score (nSPS) is 22.0. The van der Waals surface area contributed by atoms with Crippen LogP contribution in [0.15, 0.2) is 52.3 Å². The van der Waals surface area contributed by atoms with Gasteiger partial charge in [0.15, 0.2) is 5.62 Å². The molecule has 3 rings (SSSR count). The van der Waals surface area contributed by atoms with Crippen molar-refractivity contribution in [2.24, 2.45) is 4.99 Å². The number of allylic oxidation sites excluding steroid dienone is 2. The summed E-state index contributed by atoms with van der Waals surface area (Å²) in [6.07, 6.45) is 2.74. The maximum Gasteiger partial charge on any atom is 0.195 e. The fourth-order valence-corrected chi connectivity index (χ4v) is 2.57. The average Bonchev–Trinajstić information content (AvgIpc) is 2.77.